The first-order valence-corrected chi connectivity index (χ1v) is 7.83. The summed E-state index contributed by atoms with van der Waals surface area (Å²) in [6.45, 7) is 7.33. The van der Waals surface area contributed by atoms with Crippen LogP contribution in [-0.2, 0) is 0 Å². The fourth-order valence-electron chi connectivity index (χ4n) is 3.94. The first-order chi connectivity index (χ1) is 8.07. The highest BCUT2D eigenvalue weighted by molar-refractivity contribution is 4.88. The lowest BCUT2D eigenvalue weighted by molar-refractivity contribution is 0.139. The summed E-state index contributed by atoms with van der Waals surface area (Å²) in [6.07, 6.45) is 12.9. The number of hydrogen-bond acceptors (Lipinski definition) is 1. The maximum absolute atomic E-state index is 3.99. The highest BCUT2D eigenvalue weighted by Gasteiger charge is 2.33. The Kier molecular flexibility index (Phi) is 4.52. The van der Waals surface area contributed by atoms with E-state index in [4.69, 9.17) is 0 Å². The minimum absolute atomic E-state index is 0.584. The van der Waals surface area contributed by atoms with Crippen LogP contribution in [-0.4, -0.2) is 12.1 Å². The fourth-order valence-corrected chi connectivity index (χ4v) is 3.94. The van der Waals surface area contributed by atoms with E-state index < -0.39 is 0 Å². The van der Waals surface area contributed by atoms with Crippen LogP contribution in [0.15, 0.2) is 0 Å². The van der Waals surface area contributed by atoms with Gasteiger partial charge in [-0.2, -0.15) is 0 Å². The van der Waals surface area contributed by atoms with Crippen LogP contribution in [0.4, 0.5) is 0 Å². The van der Waals surface area contributed by atoms with Crippen molar-refractivity contribution in [2.24, 2.45) is 11.3 Å². The molecule has 0 bridgehead atoms. The summed E-state index contributed by atoms with van der Waals surface area (Å²) in [7, 11) is 0. The predicted molar refractivity (Wildman–Crippen MR) is 75.2 cm³/mol. The summed E-state index contributed by atoms with van der Waals surface area (Å²) < 4.78 is 0. The normalized spacial score (nSPS) is 35.5. The zero-order valence-corrected chi connectivity index (χ0v) is 12.1. The van der Waals surface area contributed by atoms with Crippen molar-refractivity contribution >= 4 is 0 Å². The Bertz CT molecular complexity index is 226. The summed E-state index contributed by atoms with van der Waals surface area (Å²) >= 11 is 0. The Morgan fingerprint density at radius 1 is 0.941 bits per heavy atom. The van der Waals surface area contributed by atoms with Gasteiger partial charge in [-0.05, 0) is 43.4 Å². The van der Waals surface area contributed by atoms with Gasteiger partial charge in [0, 0.05) is 12.1 Å². The predicted octanol–water partition coefficient (Wildman–Crippen LogP) is 4.51. The molecule has 2 aliphatic rings. The summed E-state index contributed by atoms with van der Waals surface area (Å²) in [5.74, 6) is 0.863. The molecule has 0 aromatic carbocycles. The van der Waals surface area contributed by atoms with Crippen LogP contribution in [0.25, 0.3) is 0 Å². The van der Waals surface area contributed by atoms with Gasteiger partial charge in [0.15, 0.2) is 0 Å². The second-order valence-corrected chi connectivity index (χ2v) is 7.35. The Morgan fingerprint density at radius 2 is 1.59 bits per heavy atom. The molecular weight excluding hydrogens is 206 g/mol. The molecule has 2 rings (SSSR count). The number of nitrogens with one attached hydrogen (secondary N) is 1. The van der Waals surface area contributed by atoms with E-state index in [1.165, 1.54) is 57.8 Å². The van der Waals surface area contributed by atoms with E-state index in [0.717, 1.165) is 18.0 Å². The van der Waals surface area contributed by atoms with E-state index in [9.17, 15) is 0 Å². The third kappa shape index (κ3) is 3.98. The Hall–Kier alpha value is -0.0400. The van der Waals surface area contributed by atoms with Gasteiger partial charge >= 0.3 is 0 Å². The van der Waals surface area contributed by atoms with E-state index >= 15 is 0 Å². The largest absolute Gasteiger partial charge is 0.311 e. The van der Waals surface area contributed by atoms with Crippen molar-refractivity contribution in [3.05, 3.63) is 0 Å². The van der Waals surface area contributed by atoms with E-state index in [0.29, 0.717) is 5.41 Å². The minimum atomic E-state index is 0.584. The van der Waals surface area contributed by atoms with Crippen molar-refractivity contribution in [2.75, 3.05) is 0 Å². The molecule has 0 aliphatic heterocycles. The van der Waals surface area contributed by atoms with Gasteiger partial charge in [0.1, 0.15) is 0 Å². The SMILES string of the molecule is CC1CC(C)(C)CCC1NC1CCCCCC1. The zero-order chi connectivity index (χ0) is 12.3. The fraction of sp³-hybridized carbons (Fsp3) is 1.00. The molecule has 2 unspecified atom stereocenters. The van der Waals surface area contributed by atoms with E-state index in [-0.39, 0.29) is 0 Å². The molecular formula is C16H31N. The number of rotatable bonds is 2. The first-order valence-electron chi connectivity index (χ1n) is 7.83. The second-order valence-electron chi connectivity index (χ2n) is 7.35. The van der Waals surface area contributed by atoms with E-state index in [1.54, 1.807) is 0 Å². The van der Waals surface area contributed by atoms with Gasteiger partial charge in [-0.25, -0.2) is 0 Å². The molecule has 1 heteroatoms. The molecule has 2 aliphatic carbocycles. The van der Waals surface area contributed by atoms with Gasteiger partial charge in [-0.15, -0.1) is 0 Å². The Balaban J connectivity index is 1.82. The molecule has 0 aromatic rings. The Morgan fingerprint density at radius 3 is 2.18 bits per heavy atom. The van der Waals surface area contributed by atoms with Crippen LogP contribution in [0, 0.1) is 11.3 Å². The smallest absolute Gasteiger partial charge is 0.00956 e. The van der Waals surface area contributed by atoms with Crippen LogP contribution in [0.3, 0.4) is 0 Å². The Labute approximate surface area is 108 Å². The topological polar surface area (TPSA) is 12.0 Å². The van der Waals surface area contributed by atoms with Crippen molar-refractivity contribution in [3.8, 4) is 0 Å². The molecule has 100 valence electrons. The van der Waals surface area contributed by atoms with Gasteiger partial charge in [0.2, 0.25) is 0 Å². The molecule has 2 saturated carbocycles. The highest BCUT2D eigenvalue weighted by atomic mass is 15.0. The van der Waals surface area contributed by atoms with Crippen LogP contribution in [0.5, 0.6) is 0 Å². The molecule has 17 heavy (non-hydrogen) atoms. The first kappa shape index (κ1) is 13.4. The monoisotopic (exact) mass is 237 g/mol. The summed E-state index contributed by atoms with van der Waals surface area (Å²) in [5, 5.41) is 3.99. The van der Waals surface area contributed by atoms with Crippen LogP contribution in [0.1, 0.15) is 78.6 Å². The molecule has 0 radical (unpaired) electrons. The summed E-state index contributed by atoms with van der Waals surface area (Å²) in [4.78, 5) is 0. The molecule has 1 nitrogen and oxygen atoms in total. The zero-order valence-electron chi connectivity index (χ0n) is 12.1. The van der Waals surface area contributed by atoms with E-state index in [2.05, 4.69) is 26.1 Å². The molecule has 0 amide bonds. The highest BCUT2D eigenvalue weighted by Crippen LogP contribution is 2.38. The second kappa shape index (κ2) is 5.73. The molecule has 2 atom stereocenters. The van der Waals surface area contributed by atoms with Gasteiger partial charge in [-0.3, -0.25) is 0 Å². The van der Waals surface area contributed by atoms with Crippen LogP contribution in [0.2, 0.25) is 0 Å². The molecule has 0 heterocycles. The lowest BCUT2D eigenvalue weighted by atomic mass is 9.70. The van der Waals surface area contributed by atoms with Gasteiger partial charge in [0.05, 0.1) is 0 Å². The standard InChI is InChI=1S/C16H31N/c1-13-12-16(2,3)11-10-15(13)17-14-8-6-4-5-7-9-14/h13-15,17H,4-12H2,1-3H3. The van der Waals surface area contributed by atoms with Gasteiger partial charge in [0.25, 0.3) is 0 Å². The minimum Gasteiger partial charge on any atom is -0.311 e. The molecule has 0 saturated heterocycles. The summed E-state index contributed by atoms with van der Waals surface area (Å²) in [6, 6.07) is 1.62. The average molecular weight is 237 g/mol. The molecule has 1 N–H and O–H groups in total. The lowest BCUT2D eigenvalue weighted by Crippen LogP contribution is -2.46. The maximum Gasteiger partial charge on any atom is 0.00956 e. The van der Waals surface area contributed by atoms with Crippen molar-refractivity contribution in [2.45, 2.75) is 90.6 Å². The quantitative estimate of drug-likeness (QED) is 0.697. The van der Waals surface area contributed by atoms with Crippen molar-refractivity contribution in [1.29, 1.82) is 0 Å². The number of hydrogen-bond donors (Lipinski definition) is 1. The van der Waals surface area contributed by atoms with Crippen molar-refractivity contribution in [1.82, 2.24) is 5.32 Å². The average Bonchev–Trinajstić information content (AvgIpc) is 2.50. The lowest BCUT2D eigenvalue weighted by Gasteiger charge is -2.41. The molecule has 0 aromatic heterocycles. The van der Waals surface area contributed by atoms with Crippen molar-refractivity contribution < 1.29 is 0 Å². The molecule has 2 fully saturated rings. The van der Waals surface area contributed by atoms with Gasteiger partial charge < -0.3 is 5.32 Å². The van der Waals surface area contributed by atoms with Crippen LogP contribution < -0.4 is 5.32 Å². The van der Waals surface area contributed by atoms with Crippen molar-refractivity contribution in [3.63, 3.8) is 0 Å². The van der Waals surface area contributed by atoms with E-state index in [1.807, 2.05) is 0 Å². The molecule has 0 spiro atoms. The third-order valence-electron chi connectivity index (χ3n) is 5.00. The maximum atomic E-state index is 3.99. The van der Waals surface area contributed by atoms with Crippen LogP contribution >= 0.6 is 0 Å². The third-order valence-corrected chi connectivity index (χ3v) is 5.00. The summed E-state index contributed by atoms with van der Waals surface area (Å²) in [5.41, 5.74) is 0.584. The van der Waals surface area contributed by atoms with Gasteiger partial charge in [-0.1, -0.05) is 46.5 Å².